The second-order valence-electron chi connectivity index (χ2n) is 13.7. The van der Waals surface area contributed by atoms with Crippen molar-refractivity contribution in [3.05, 3.63) is 58.6 Å². The number of aliphatic hydroxyl groups excluding tert-OH is 1. The van der Waals surface area contributed by atoms with Crippen LogP contribution in [0, 0.1) is 12.8 Å². The van der Waals surface area contributed by atoms with Crippen molar-refractivity contribution >= 4 is 23.2 Å². The molecule has 4 atom stereocenters. The van der Waals surface area contributed by atoms with E-state index in [1.54, 1.807) is 16.2 Å². The molecule has 2 aliphatic rings. The minimum Gasteiger partial charge on any atom is -0.391 e. The molecule has 5 rings (SSSR count). The van der Waals surface area contributed by atoms with Crippen LogP contribution in [0.15, 0.2) is 40.4 Å². The van der Waals surface area contributed by atoms with Crippen molar-refractivity contribution in [2.24, 2.45) is 5.92 Å². The quantitative estimate of drug-likeness (QED) is 0.334. The zero-order valence-electron chi connectivity index (χ0n) is 27.0. The number of β-amino-alcohol motifs (C(OH)–C–C–N with tert-alkyl or cyclic N) is 1. The number of piperidine rings is 1. The molecule has 2 fully saturated rings. The van der Waals surface area contributed by atoms with E-state index in [1.807, 2.05) is 64.9 Å². The van der Waals surface area contributed by atoms with Gasteiger partial charge in [0, 0.05) is 30.5 Å². The van der Waals surface area contributed by atoms with E-state index in [0.29, 0.717) is 11.7 Å². The Bertz CT molecular complexity index is 1440. The van der Waals surface area contributed by atoms with Gasteiger partial charge < -0.3 is 24.7 Å². The van der Waals surface area contributed by atoms with Crippen molar-refractivity contribution in [1.82, 2.24) is 25.3 Å². The van der Waals surface area contributed by atoms with Gasteiger partial charge in [-0.3, -0.25) is 9.59 Å². The molecular formula is C34H47N5O4S. The van der Waals surface area contributed by atoms with E-state index in [2.05, 4.69) is 39.7 Å². The Balaban J connectivity index is 1.39. The summed E-state index contributed by atoms with van der Waals surface area (Å²) in [6, 6.07) is 9.20. The molecule has 0 bridgehead atoms. The molecule has 3 aromatic rings. The van der Waals surface area contributed by atoms with Gasteiger partial charge >= 0.3 is 0 Å². The molecule has 0 saturated carbocycles. The molecule has 2 aliphatic heterocycles. The monoisotopic (exact) mass is 621 g/mol. The molecule has 1 aromatic carbocycles. The number of aromatic nitrogens is 2. The number of likely N-dealkylation sites (tertiary alicyclic amines) is 1. The summed E-state index contributed by atoms with van der Waals surface area (Å²) in [5.41, 5.74) is 5.31. The van der Waals surface area contributed by atoms with Crippen LogP contribution in [0.2, 0.25) is 0 Å². The normalized spacial score (nSPS) is 21.1. The average molecular weight is 622 g/mol. The summed E-state index contributed by atoms with van der Waals surface area (Å²) >= 11 is 1.61. The Hall–Kier alpha value is -3.08. The van der Waals surface area contributed by atoms with E-state index in [-0.39, 0.29) is 36.7 Å². The van der Waals surface area contributed by atoms with Crippen LogP contribution in [0.1, 0.15) is 101 Å². The maximum Gasteiger partial charge on any atom is 0.246 e. The summed E-state index contributed by atoms with van der Waals surface area (Å²) in [7, 11) is 0. The van der Waals surface area contributed by atoms with E-state index in [9.17, 15) is 14.7 Å². The third kappa shape index (κ3) is 6.62. The molecular weight excluding hydrogens is 574 g/mol. The van der Waals surface area contributed by atoms with Gasteiger partial charge in [0.2, 0.25) is 11.8 Å². The number of aryl methyl sites for hydroxylation is 1. The summed E-state index contributed by atoms with van der Waals surface area (Å²) in [4.78, 5) is 37.7. The third-order valence-electron chi connectivity index (χ3n) is 9.14. The fraction of sp³-hybridized carbons (Fsp3) is 0.588. The number of amides is 2. The number of nitrogens with one attached hydrogen (secondary N) is 1. The number of benzene rings is 1. The number of hydrogen-bond acceptors (Lipinski definition) is 8. The molecule has 0 aliphatic carbocycles. The molecule has 238 valence electrons. The van der Waals surface area contributed by atoms with Crippen LogP contribution in [-0.2, 0) is 9.59 Å². The molecule has 44 heavy (non-hydrogen) atoms. The maximum atomic E-state index is 14.5. The lowest BCUT2D eigenvalue weighted by molar-refractivity contribution is -0.150. The minimum atomic E-state index is -0.778. The van der Waals surface area contributed by atoms with Crippen LogP contribution in [-0.4, -0.2) is 74.2 Å². The van der Waals surface area contributed by atoms with Gasteiger partial charge in [0.05, 0.1) is 33.9 Å². The standard InChI is InChI=1S/C34H47N5O4S/c1-20(2)30(29-17-27(37-43-29)24-12-14-35-15-13-24)33(42)38-18-26(40)16-28(38)32(41)39(34(5,6)7)22(4)23-8-10-25(11-9-23)31-21(3)36-19-44-31/h8-11,17,19-20,22,24,26,28,30,35,40H,12-16,18H2,1-7H3/t22-,26+,28-,30+/m0/s1. The third-order valence-corrected chi connectivity index (χ3v) is 10.1. The molecule has 2 saturated heterocycles. The Morgan fingerprint density at radius 3 is 2.41 bits per heavy atom. The van der Waals surface area contributed by atoms with Gasteiger partial charge in [-0.2, -0.15) is 0 Å². The lowest BCUT2D eigenvalue weighted by Gasteiger charge is -2.43. The van der Waals surface area contributed by atoms with Crippen LogP contribution < -0.4 is 5.32 Å². The van der Waals surface area contributed by atoms with Gasteiger partial charge in [-0.15, -0.1) is 11.3 Å². The lowest BCUT2D eigenvalue weighted by Crippen LogP contribution is -2.55. The van der Waals surface area contributed by atoms with Crippen molar-refractivity contribution in [2.45, 2.75) is 103 Å². The lowest BCUT2D eigenvalue weighted by atomic mass is 9.89. The molecule has 10 heteroatoms. The number of hydrogen-bond donors (Lipinski definition) is 2. The molecule has 0 radical (unpaired) electrons. The van der Waals surface area contributed by atoms with Gasteiger partial charge in [-0.05, 0) is 77.6 Å². The van der Waals surface area contributed by atoms with Crippen molar-refractivity contribution in [3.8, 4) is 10.4 Å². The number of thiazole rings is 1. The van der Waals surface area contributed by atoms with E-state index < -0.39 is 23.6 Å². The van der Waals surface area contributed by atoms with Crippen LogP contribution in [0.3, 0.4) is 0 Å². The van der Waals surface area contributed by atoms with Gasteiger partial charge in [0.25, 0.3) is 0 Å². The van der Waals surface area contributed by atoms with Gasteiger partial charge in [-0.1, -0.05) is 43.3 Å². The van der Waals surface area contributed by atoms with E-state index in [1.165, 1.54) is 0 Å². The number of nitrogens with zero attached hydrogens (tertiary/aromatic N) is 4. The first kappa shape index (κ1) is 32.3. The predicted molar refractivity (Wildman–Crippen MR) is 172 cm³/mol. The van der Waals surface area contributed by atoms with E-state index >= 15 is 0 Å². The molecule has 2 aromatic heterocycles. The van der Waals surface area contributed by atoms with Crippen molar-refractivity contribution < 1.29 is 19.2 Å². The number of carbonyl (C=O) groups is 2. The van der Waals surface area contributed by atoms with Crippen LogP contribution in [0.5, 0.6) is 0 Å². The van der Waals surface area contributed by atoms with E-state index in [4.69, 9.17) is 4.52 Å². The van der Waals surface area contributed by atoms with Gasteiger partial charge in [0.1, 0.15) is 17.7 Å². The van der Waals surface area contributed by atoms with E-state index in [0.717, 1.165) is 53.3 Å². The Labute approximate surface area is 265 Å². The first-order valence-electron chi connectivity index (χ1n) is 15.9. The number of rotatable bonds is 8. The first-order chi connectivity index (χ1) is 20.9. The zero-order valence-corrected chi connectivity index (χ0v) is 27.9. The minimum absolute atomic E-state index is 0.0804. The topological polar surface area (TPSA) is 112 Å². The number of carbonyl (C=O) groups excluding carboxylic acids is 2. The predicted octanol–water partition coefficient (Wildman–Crippen LogP) is 5.66. The van der Waals surface area contributed by atoms with Crippen LogP contribution >= 0.6 is 11.3 Å². The molecule has 0 spiro atoms. The van der Waals surface area contributed by atoms with Crippen molar-refractivity contribution in [1.29, 1.82) is 0 Å². The van der Waals surface area contributed by atoms with Crippen LogP contribution in [0.25, 0.3) is 10.4 Å². The molecule has 4 heterocycles. The highest BCUT2D eigenvalue weighted by atomic mass is 32.1. The SMILES string of the molecule is Cc1ncsc1-c1ccc([C@H](C)N(C(=O)[C@@H]2C[C@@H](O)CN2C(=O)[C@@H](c2cc(C3CCNCC3)no2)C(C)C)C(C)(C)C)cc1. The maximum absolute atomic E-state index is 14.5. The summed E-state index contributed by atoms with van der Waals surface area (Å²) in [6.45, 7) is 16.0. The van der Waals surface area contributed by atoms with Gasteiger partial charge in [0.15, 0.2) is 0 Å². The summed E-state index contributed by atoms with van der Waals surface area (Å²) < 4.78 is 5.81. The largest absolute Gasteiger partial charge is 0.391 e. The Kier molecular flexibility index (Phi) is 9.63. The summed E-state index contributed by atoms with van der Waals surface area (Å²) in [5, 5.41) is 18.5. The number of aliphatic hydroxyl groups is 1. The fourth-order valence-corrected chi connectivity index (χ4v) is 7.68. The molecule has 9 nitrogen and oxygen atoms in total. The first-order valence-corrected chi connectivity index (χ1v) is 16.7. The highest BCUT2D eigenvalue weighted by Gasteiger charge is 2.47. The second kappa shape index (κ2) is 13.1. The van der Waals surface area contributed by atoms with Gasteiger partial charge in [-0.25, -0.2) is 4.98 Å². The Morgan fingerprint density at radius 1 is 1.14 bits per heavy atom. The fourth-order valence-electron chi connectivity index (χ4n) is 6.87. The zero-order chi connectivity index (χ0) is 31.8. The van der Waals surface area contributed by atoms with Crippen molar-refractivity contribution in [3.63, 3.8) is 0 Å². The Morgan fingerprint density at radius 2 is 1.82 bits per heavy atom. The molecule has 0 unspecified atom stereocenters. The highest BCUT2D eigenvalue weighted by Crippen LogP contribution is 2.37. The molecule has 2 amide bonds. The average Bonchev–Trinajstić information content (AvgIpc) is 3.73. The summed E-state index contributed by atoms with van der Waals surface area (Å²) in [5.74, 6) is -0.198. The summed E-state index contributed by atoms with van der Waals surface area (Å²) in [6.07, 6.45) is 1.39. The smallest absolute Gasteiger partial charge is 0.246 e. The second-order valence-corrected chi connectivity index (χ2v) is 14.6. The highest BCUT2D eigenvalue weighted by molar-refractivity contribution is 7.13. The van der Waals surface area contributed by atoms with Crippen LogP contribution in [0.4, 0.5) is 0 Å². The molecule has 2 N–H and O–H groups in total. The van der Waals surface area contributed by atoms with Crippen molar-refractivity contribution in [2.75, 3.05) is 19.6 Å².